The molecule has 0 atom stereocenters. The van der Waals surface area contributed by atoms with Gasteiger partial charge < -0.3 is 9.15 Å². The van der Waals surface area contributed by atoms with E-state index in [9.17, 15) is 4.79 Å². The van der Waals surface area contributed by atoms with Crippen LogP contribution >= 0.6 is 15.9 Å². The number of nitrogens with zero attached hydrogens (tertiary/aromatic N) is 1. The lowest BCUT2D eigenvalue weighted by Crippen LogP contribution is -2.04. The summed E-state index contributed by atoms with van der Waals surface area (Å²) >= 11 is 3.18. The summed E-state index contributed by atoms with van der Waals surface area (Å²) in [4.78, 5) is 15.4. The fourth-order valence-electron chi connectivity index (χ4n) is 1.13. The second-order valence-electron chi connectivity index (χ2n) is 3.06. The molecule has 0 aliphatic carbocycles. The number of furan rings is 1. The molecule has 4 nitrogen and oxygen atoms in total. The number of carbonyl (C=O) groups excluding carboxylic acids is 1. The summed E-state index contributed by atoms with van der Waals surface area (Å²) < 4.78 is 10.6. The zero-order valence-corrected chi connectivity index (χ0v) is 10.3. The summed E-state index contributed by atoms with van der Waals surface area (Å²) in [5, 5.41) is 0. The van der Waals surface area contributed by atoms with Gasteiger partial charge in [-0.2, -0.15) is 0 Å². The highest BCUT2D eigenvalue weighted by molar-refractivity contribution is 9.10. The molecule has 2 heterocycles. The molecule has 0 N–H and O–H groups in total. The Balaban J connectivity index is 2.01. The molecular formula is C12H8BrNO3. The quantitative estimate of drug-likeness (QED) is 0.496. The van der Waals surface area contributed by atoms with E-state index in [0.717, 1.165) is 0 Å². The van der Waals surface area contributed by atoms with Gasteiger partial charge in [-0.3, -0.25) is 0 Å². The normalized spacial score (nSPS) is 10.6. The molecule has 0 unspecified atom stereocenters. The summed E-state index contributed by atoms with van der Waals surface area (Å²) in [7, 11) is 0. The maximum Gasteiger partial charge on any atom is 0.336 e. The maximum atomic E-state index is 11.5. The van der Waals surface area contributed by atoms with E-state index in [2.05, 4.69) is 20.9 Å². The van der Waals surface area contributed by atoms with Gasteiger partial charge in [-0.05, 0) is 46.3 Å². The molecule has 0 radical (unpaired) electrons. The molecule has 0 bridgehead atoms. The number of rotatable bonds is 3. The average molecular weight is 294 g/mol. The van der Waals surface area contributed by atoms with Crippen molar-refractivity contribution in [2.45, 2.75) is 0 Å². The van der Waals surface area contributed by atoms with E-state index in [1.54, 1.807) is 30.5 Å². The Morgan fingerprint density at radius 1 is 1.41 bits per heavy atom. The Morgan fingerprint density at radius 2 is 2.29 bits per heavy atom. The van der Waals surface area contributed by atoms with Crippen LogP contribution in [-0.2, 0) is 4.79 Å². The third-order valence-corrected chi connectivity index (χ3v) is 2.46. The van der Waals surface area contributed by atoms with Gasteiger partial charge in [0.1, 0.15) is 10.4 Å². The van der Waals surface area contributed by atoms with Crippen LogP contribution in [0, 0.1) is 0 Å². The molecule has 0 spiro atoms. The van der Waals surface area contributed by atoms with Crippen LogP contribution in [0.3, 0.4) is 0 Å². The Labute approximate surface area is 106 Å². The van der Waals surface area contributed by atoms with Crippen molar-refractivity contribution >= 4 is 28.0 Å². The second-order valence-corrected chi connectivity index (χ2v) is 3.81. The molecule has 0 fully saturated rings. The Bertz CT molecular complexity index is 534. The molecule has 0 aliphatic heterocycles. The van der Waals surface area contributed by atoms with Gasteiger partial charge in [-0.1, -0.05) is 0 Å². The van der Waals surface area contributed by atoms with Crippen LogP contribution in [0.2, 0.25) is 0 Å². The van der Waals surface area contributed by atoms with Crippen LogP contribution in [0.5, 0.6) is 5.75 Å². The Kier molecular flexibility index (Phi) is 3.72. The largest absolute Gasteiger partial charge is 0.465 e. The van der Waals surface area contributed by atoms with E-state index in [-0.39, 0.29) is 0 Å². The minimum atomic E-state index is -0.491. The lowest BCUT2D eigenvalue weighted by atomic mass is 10.4. The first kappa shape index (κ1) is 11.6. The molecule has 0 saturated carbocycles. The first-order chi connectivity index (χ1) is 8.25. The first-order valence-electron chi connectivity index (χ1n) is 4.79. The van der Waals surface area contributed by atoms with Gasteiger partial charge in [0.15, 0.2) is 5.75 Å². The number of pyridine rings is 1. The van der Waals surface area contributed by atoms with Crippen LogP contribution in [-0.4, -0.2) is 11.0 Å². The number of hydrogen-bond acceptors (Lipinski definition) is 4. The van der Waals surface area contributed by atoms with E-state index in [1.807, 2.05) is 0 Å². The molecule has 2 rings (SSSR count). The van der Waals surface area contributed by atoms with E-state index in [1.165, 1.54) is 18.4 Å². The predicted molar refractivity (Wildman–Crippen MR) is 65.3 cm³/mol. The van der Waals surface area contributed by atoms with Crippen molar-refractivity contribution in [3.8, 4) is 5.75 Å². The van der Waals surface area contributed by atoms with Gasteiger partial charge in [0, 0.05) is 12.3 Å². The van der Waals surface area contributed by atoms with E-state index < -0.39 is 5.97 Å². The summed E-state index contributed by atoms with van der Waals surface area (Å²) in [5.41, 5.74) is 0. The molecule has 0 amide bonds. The standard InChI is InChI=1S/C12H8BrNO3/c13-12-10(4-1-7-14-12)17-11(15)6-5-9-3-2-8-16-9/h1-8H. The number of halogens is 1. The fourth-order valence-corrected chi connectivity index (χ4v) is 1.46. The number of ether oxygens (including phenoxy) is 1. The molecule has 17 heavy (non-hydrogen) atoms. The first-order valence-corrected chi connectivity index (χ1v) is 5.59. The van der Waals surface area contributed by atoms with Crippen molar-refractivity contribution < 1.29 is 13.9 Å². The van der Waals surface area contributed by atoms with Gasteiger partial charge in [0.25, 0.3) is 0 Å². The van der Waals surface area contributed by atoms with Crippen LogP contribution in [0.1, 0.15) is 5.76 Å². The van der Waals surface area contributed by atoms with Crippen molar-refractivity contribution in [3.05, 3.63) is 53.2 Å². The zero-order valence-electron chi connectivity index (χ0n) is 8.67. The lowest BCUT2D eigenvalue weighted by molar-refractivity contribution is -0.128. The molecule has 2 aromatic heterocycles. The zero-order chi connectivity index (χ0) is 12.1. The molecule has 0 aliphatic rings. The SMILES string of the molecule is O=C(C=Cc1ccco1)Oc1cccnc1Br. The van der Waals surface area contributed by atoms with Gasteiger partial charge >= 0.3 is 5.97 Å². The third kappa shape index (κ3) is 3.29. The summed E-state index contributed by atoms with van der Waals surface area (Å²) in [5.74, 6) is 0.476. The lowest BCUT2D eigenvalue weighted by Gasteiger charge is -2.01. The van der Waals surface area contributed by atoms with Crippen molar-refractivity contribution in [3.63, 3.8) is 0 Å². The maximum absolute atomic E-state index is 11.5. The summed E-state index contributed by atoms with van der Waals surface area (Å²) in [6.07, 6.45) is 5.95. The fraction of sp³-hybridized carbons (Fsp3) is 0. The molecule has 5 heteroatoms. The second kappa shape index (κ2) is 5.45. The van der Waals surface area contributed by atoms with Crippen molar-refractivity contribution in [2.75, 3.05) is 0 Å². The van der Waals surface area contributed by atoms with Crippen LogP contribution in [0.25, 0.3) is 6.08 Å². The highest BCUT2D eigenvalue weighted by Gasteiger charge is 2.05. The minimum Gasteiger partial charge on any atom is -0.465 e. The average Bonchev–Trinajstić information content (AvgIpc) is 2.82. The van der Waals surface area contributed by atoms with E-state index in [0.29, 0.717) is 16.1 Å². The highest BCUT2D eigenvalue weighted by Crippen LogP contribution is 2.21. The minimum absolute atomic E-state index is 0.376. The van der Waals surface area contributed by atoms with Gasteiger partial charge in [-0.15, -0.1) is 0 Å². The smallest absolute Gasteiger partial charge is 0.336 e. The van der Waals surface area contributed by atoms with Gasteiger partial charge in [-0.25, -0.2) is 9.78 Å². The Morgan fingerprint density at radius 3 is 3.00 bits per heavy atom. The number of aromatic nitrogens is 1. The molecule has 86 valence electrons. The number of esters is 1. The topological polar surface area (TPSA) is 52.3 Å². The van der Waals surface area contributed by atoms with Crippen molar-refractivity contribution in [2.24, 2.45) is 0 Å². The predicted octanol–water partition coefficient (Wildman–Crippen LogP) is 3.06. The number of hydrogen-bond donors (Lipinski definition) is 0. The summed E-state index contributed by atoms with van der Waals surface area (Å²) in [6.45, 7) is 0. The van der Waals surface area contributed by atoms with Crippen molar-refractivity contribution in [1.29, 1.82) is 0 Å². The highest BCUT2D eigenvalue weighted by atomic mass is 79.9. The monoisotopic (exact) mass is 293 g/mol. The van der Waals surface area contributed by atoms with Gasteiger partial charge in [0.05, 0.1) is 6.26 Å². The molecule has 2 aromatic rings. The Hall–Kier alpha value is -1.88. The number of carbonyl (C=O) groups is 1. The molecule has 0 saturated heterocycles. The van der Waals surface area contributed by atoms with Crippen LogP contribution in [0.4, 0.5) is 0 Å². The van der Waals surface area contributed by atoms with Crippen molar-refractivity contribution in [1.82, 2.24) is 4.98 Å². The molecular weight excluding hydrogens is 286 g/mol. The van der Waals surface area contributed by atoms with Crippen LogP contribution in [0.15, 0.2) is 51.8 Å². The summed E-state index contributed by atoms with van der Waals surface area (Å²) in [6, 6.07) is 6.81. The third-order valence-electron chi connectivity index (χ3n) is 1.86. The van der Waals surface area contributed by atoms with E-state index in [4.69, 9.17) is 9.15 Å². The molecule has 0 aromatic carbocycles. The van der Waals surface area contributed by atoms with E-state index >= 15 is 0 Å². The van der Waals surface area contributed by atoms with Crippen LogP contribution < -0.4 is 4.74 Å². The van der Waals surface area contributed by atoms with Gasteiger partial charge in [0.2, 0.25) is 0 Å².